The standard InChI is InChI=1S/C26H29F3N4O2/c1-3-12-32-17-23(34)33(16-19-6-4-7-20(15-19)26(27,28)29)24-18(2)21(8-9-22(24)32)25(35)31-13-5-10-30-11-14-31/h3-4,6-9,12,15,30H,5,10-11,13-14,16-17H2,1-2H3/b12-3-. The molecule has 4 rings (SSSR count). The zero-order valence-corrected chi connectivity index (χ0v) is 19.9. The number of benzene rings is 2. The third-order valence-electron chi connectivity index (χ3n) is 6.38. The van der Waals surface area contributed by atoms with Crippen molar-refractivity contribution >= 4 is 23.2 Å². The topological polar surface area (TPSA) is 55.9 Å². The molecule has 0 saturated carbocycles. The SMILES string of the molecule is C/C=C\N1CC(=O)N(Cc2cccc(C(F)(F)F)c2)c2c1ccc(C(=O)N1CCCNCC1)c2C. The lowest BCUT2D eigenvalue weighted by Gasteiger charge is -2.37. The Hall–Kier alpha value is -3.33. The predicted octanol–water partition coefficient (Wildman–Crippen LogP) is 4.34. The van der Waals surface area contributed by atoms with Crippen LogP contribution in [0.3, 0.4) is 0 Å². The molecule has 0 spiro atoms. The van der Waals surface area contributed by atoms with Crippen LogP contribution in [0.2, 0.25) is 0 Å². The number of amides is 2. The fraction of sp³-hybridized carbons (Fsp3) is 0.385. The lowest BCUT2D eigenvalue weighted by molar-refractivity contribution is -0.137. The lowest BCUT2D eigenvalue weighted by atomic mass is 9.99. The van der Waals surface area contributed by atoms with E-state index >= 15 is 0 Å². The molecule has 2 amide bonds. The quantitative estimate of drug-likeness (QED) is 0.699. The molecule has 186 valence electrons. The Morgan fingerprint density at radius 2 is 1.94 bits per heavy atom. The molecular weight excluding hydrogens is 457 g/mol. The number of carbonyl (C=O) groups is 2. The number of halogens is 3. The molecule has 2 aromatic rings. The van der Waals surface area contributed by atoms with Crippen LogP contribution < -0.4 is 15.1 Å². The van der Waals surface area contributed by atoms with E-state index in [2.05, 4.69) is 5.32 Å². The van der Waals surface area contributed by atoms with Crippen molar-refractivity contribution in [2.75, 3.05) is 42.5 Å². The summed E-state index contributed by atoms with van der Waals surface area (Å²) in [6.45, 7) is 6.47. The van der Waals surface area contributed by atoms with Gasteiger partial charge in [-0.15, -0.1) is 0 Å². The Bertz CT molecular complexity index is 1140. The number of anilines is 2. The van der Waals surface area contributed by atoms with Gasteiger partial charge in [0, 0.05) is 31.4 Å². The fourth-order valence-electron chi connectivity index (χ4n) is 4.66. The minimum atomic E-state index is -4.47. The van der Waals surface area contributed by atoms with Gasteiger partial charge in [0.25, 0.3) is 5.91 Å². The van der Waals surface area contributed by atoms with Crippen LogP contribution in [-0.2, 0) is 17.5 Å². The first-order chi connectivity index (χ1) is 16.7. The molecule has 0 atom stereocenters. The summed E-state index contributed by atoms with van der Waals surface area (Å²) in [5.41, 5.74) is 2.03. The first-order valence-electron chi connectivity index (χ1n) is 11.7. The number of hydrogen-bond donors (Lipinski definition) is 1. The molecule has 1 saturated heterocycles. The zero-order valence-electron chi connectivity index (χ0n) is 19.9. The maximum Gasteiger partial charge on any atom is 0.416 e. The number of alkyl halides is 3. The number of nitrogens with zero attached hydrogens (tertiary/aromatic N) is 3. The van der Waals surface area contributed by atoms with Crippen molar-refractivity contribution in [1.82, 2.24) is 10.2 Å². The molecule has 0 bridgehead atoms. The fourth-order valence-corrected chi connectivity index (χ4v) is 4.66. The van der Waals surface area contributed by atoms with Gasteiger partial charge in [0.05, 0.1) is 23.5 Å². The third kappa shape index (κ3) is 5.19. The molecule has 2 aromatic carbocycles. The second-order valence-corrected chi connectivity index (χ2v) is 8.79. The van der Waals surface area contributed by atoms with Crippen LogP contribution in [0.1, 0.15) is 40.4 Å². The van der Waals surface area contributed by atoms with Gasteiger partial charge in [-0.05, 0) is 62.2 Å². The molecule has 9 heteroatoms. The van der Waals surface area contributed by atoms with Crippen LogP contribution in [0, 0.1) is 6.92 Å². The highest BCUT2D eigenvalue weighted by Gasteiger charge is 2.34. The van der Waals surface area contributed by atoms with Crippen LogP contribution in [-0.4, -0.2) is 49.4 Å². The number of nitrogens with one attached hydrogen (secondary N) is 1. The van der Waals surface area contributed by atoms with Gasteiger partial charge in [-0.3, -0.25) is 9.59 Å². The number of allylic oxidation sites excluding steroid dienone is 1. The first kappa shape index (κ1) is 24.8. The highest BCUT2D eigenvalue weighted by Crippen LogP contribution is 2.40. The van der Waals surface area contributed by atoms with E-state index in [4.69, 9.17) is 0 Å². The zero-order chi connectivity index (χ0) is 25.2. The molecule has 0 radical (unpaired) electrons. The summed E-state index contributed by atoms with van der Waals surface area (Å²) < 4.78 is 39.8. The average Bonchev–Trinajstić information content (AvgIpc) is 3.11. The smallest absolute Gasteiger partial charge is 0.337 e. The Kier molecular flexibility index (Phi) is 7.16. The Morgan fingerprint density at radius 1 is 1.14 bits per heavy atom. The van der Waals surface area contributed by atoms with E-state index in [1.165, 1.54) is 11.0 Å². The average molecular weight is 487 g/mol. The molecule has 0 unspecified atom stereocenters. The van der Waals surface area contributed by atoms with Gasteiger partial charge in [0.15, 0.2) is 0 Å². The van der Waals surface area contributed by atoms with Gasteiger partial charge in [-0.2, -0.15) is 13.2 Å². The van der Waals surface area contributed by atoms with E-state index in [9.17, 15) is 22.8 Å². The lowest BCUT2D eigenvalue weighted by Crippen LogP contribution is -2.44. The summed E-state index contributed by atoms with van der Waals surface area (Å²) >= 11 is 0. The van der Waals surface area contributed by atoms with E-state index in [-0.39, 0.29) is 24.9 Å². The minimum Gasteiger partial charge on any atom is -0.337 e. The van der Waals surface area contributed by atoms with Gasteiger partial charge in [0.1, 0.15) is 6.54 Å². The van der Waals surface area contributed by atoms with E-state index in [1.807, 2.05) is 19.1 Å². The number of hydrogen-bond acceptors (Lipinski definition) is 4. The Morgan fingerprint density at radius 3 is 2.69 bits per heavy atom. The molecule has 1 N–H and O–H groups in total. The maximum atomic E-state index is 13.4. The van der Waals surface area contributed by atoms with Crippen molar-refractivity contribution in [2.45, 2.75) is 33.0 Å². The van der Waals surface area contributed by atoms with Crippen molar-refractivity contribution in [2.24, 2.45) is 0 Å². The van der Waals surface area contributed by atoms with E-state index < -0.39 is 11.7 Å². The van der Waals surface area contributed by atoms with E-state index in [1.54, 1.807) is 35.1 Å². The molecular formula is C26H29F3N4O2. The van der Waals surface area contributed by atoms with Gasteiger partial charge >= 0.3 is 6.18 Å². The number of carbonyl (C=O) groups excluding carboxylic acids is 2. The second kappa shape index (κ2) is 10.1. The van der Waals surface area contributed by atoms with Crippen LogP contribution >= 0.6 is 0 Å². The van der Waals surface area contributed by atoms with Gasteiger partial charge in [-0.1, -0.05) is 18.2 Å². The highest BCUT2D eigenvalue weighted by molar-refractivity contribution is 6.07. The number of fused-ring (bicyclic) bond motifs is 1. The Balaban J connectivity index is 1.76. The highest BCUT2D eigenvalue weighted by atomic mass is 19.4. The van der Waals surface area contributed by atoms with Crippen molar-refractivity contribution in [3.05, 3.63) is 70.9 Å². The normalized spacial score (nSPS) is 17.1. The monoisotopic (exact) mass is 486 g/mol. The van der Waals surface area contributed by atoms with E-state index in [0.717, 1.165) is 30.8 Å². The van der Waals surface area contributed by atoms with Crippen molar-refractivity contribution < 1.29 is 22.8 Å². The molecule has 0 aliphatic carbocycles. The third-order valence-corrected chi connectivity index (χ3v) is 6.38. The van der Waals surface area contributed by atoms with Gasteiger partial charge in [-0.25, -0.2) is 0 Å². The molecule has 6 nitrogen and oxygen atoms in total. The maximum absolute atomic E-state index is 13.4. The molecule has 2 aliphatic heterocycles. The number of rotatable bonds is 4. The van der Waals surface area contributed by atoms with Crippen molar-refractivity contribution in [1.29, 1.82) is 0 Å². The van der Waals surface area contributed by atoms with E-state index in [0.29, 0.717) is 42.0 Å². The molecule has 2 heterocycles. The Labute approximate surface area is 203 Å². The largest absolute Gasteiger partial charge is 0.416 e. The summed E-state index contributed by atoms with van der Waals surface area (Å²) in [6.07, 6.45) is -0.0110. The first-order valence-corrected chi connectivity index (χ1v) is 11.7. The summed E-state index contributed by atoms with van der Waals surface area (Å²) in [4.78, 5) is 31.8. The van der Waals surface area contributed by atoms with Crippen LogP contribution in [0.5, 0.6) is 0 Å². The van der Waals surface area contributed by atoms with Gasteiger partial charge in [0.2, 0.25) is 5.91 Å². The van der Waals surface area contributed by atoms with Gasteiger partial charge < -0.3 is 20.0 Å². The second-order valence-electron chi connectivity index (χ2n) is 8.79. The summed E-state index contributed by atoms with van der Waals surface area (Å²) in [6, 6.07) is 8.61. The molecule has 1 fully saturated rings. The summed E-state index contributed by atoms with van der Waals surface area (Å²) in [5.74, 6) is -0.358. The predicted molar refractivity (Wildman–Crippen MR) is 129 cm³/mol. The van der Waals surface area contributed by atoms with Crippen LogP contribution in [0.25, 0.3) is 0 Å². The van der Waals surface area contributed by atoms with Crippen LogP contribution in [0.4, 0.5) is 24.5 Å². The molecule has 2 aliphatic rings. The van der Waals surface area contributed by atoms with Crippen LogP contribution in [0.15, 0.2) is 48.7 Å². The van der Waals surface area contributed by atoms with Crippen molar-refractivity contribution in [3.8, 4) is 0 Å². The minimum absolute atomic E-state index is 0.0223. The molecule has 35 heavy (non-hydrogen) atoms. The molecule has 0 aromatic heterocycles. The summed E-state index contributed by atoms with van der Waals surface area (Å²) in [7, 11) is 0. The van der Waals surface area contributed by atoms with Crippen molar-refractivity contribution in [3.63, 3.8) is 0 Å². The summed E-state index contributed by atoms with van der Waals surface area (Å²) in [5, 5.41) is 3.28.